The Bertz CT molecular complexity index is 1510. The van der Waals surface area contributed by atoms with Crippen molar-refractivity contribution in [1.29, 1.82) is 0 Å². The number of nitrogens with zero attached hydrogens (tertiary/aromatic N) is 5. The van der Waals surface area contributed by atoms with E-state index in [0.717, 1.165) is 58.1 Å². The van der Waals surface area contributed by atoms with Crippen molar-refractivity contribution < 1.29 is 9.53 Å². The van der Waals surface area contributed by atoms with Gasteiger partial charge in [0.15, 0.2) is 0 Å². The minimum atomic E-state index is -0.126. The minimum Gasteiger partial charge on any atom is -0.496 e. The molecule has 39 heavy (non-hydrogen) atoms. The van der Waals surface area contributed by atoms with Crippen molar-refractivity contribution in [3.63, 3.8) is 0 Å². The Morgan fingerprint density at radius 3 is 2.69 bits per heavy atom. The van der Waals surface area contributed by atoms with Crippen LogP contribution in [-0.4, -0.2) is 46.2 Å². The number of amides is 2. The van der Waals surface area contributed by atoms with E-state index in [1.54, 1.807) is 30.2 Å². The lowest BCUT2D eigenvalue weighted by atomic mass is 9.96. The van der Waals surface area contributed by atoms with Gasteiger partial charge < -0.3 is 15.0 Å². The van der Waals surface area contributed by atoms with Gasteiger partial charge in [0.25, 0.3) is 0 Å². The number of nitrogens with one attached hydrogen (secondary N) is 2. The molecule has 6 rings (SSSR count). The van der Waals surface area contributed by atoms with E-state index < -0.39 is 0 Å². The number of benzene rings is 2. The first-order chi connectivity index (χ1) is 19.0. The van der Waals surface area contributed by atoms with Crippen LogP contribution < -0.4 is 19.9 Å². The topological polar surface area (TPSA) is 99.3 Å². The summed E-state index contributed by atoms with van der Waals surface area (Å²) < 4.78 is 5.51. The maximum Gasteiger partial charge on any atom is 0.330 e. The molecule has 1 fully saturated rings. The van der Waals surface area contributed by atoms with Crippen LogP contribution in [0, 0.1) is 6.92 Å². The highest BCUT2D eigenvalue weighted by Gasteiger charge is 2.32. The third-order valence-corrected chi connectivity index (χ3v) is 7.69. The van der Waals surface area contributed by atoms with Gasteiger partial charge in [-0.1, -0.05) is 43.5 Å². The molecule has 0 radical (unpaired) electrons. The van der Waals surface area contributed by atoms with Gasteiger partial charge in [0.05, 0.1) is 25.5 Å². The van der Waals surface area contributed by atoms with Crippen LogP contribution in [-0.2, 0) is 6.54 Å². The summed E-state index contributed by atoms with van der Waals surface area (Å²) in [6.45, 7) is 2.41. The molecule has 0 bridgehead atoms. The average molecular weight is 524 g/mol. The van der Waals surface area contributed by atoms with Crippen LogP contribution >= 0.6 is 0 Å². The number of fused-ring (bicyclic) bond motifs is 1. The lowest BCUT2D eigenvalue weighted by Gasteiger charge is -2.35. The number of aryl methyl sites for hydroxylation is 1. The highest BCUT2D eigenvalue weighted by Crippen LogP contribution is 2.35. The van der Waals surface area contributed by atoms with Gasteiger partial charge in [-0.15, -0.1) is 0 Å². The summed E-state index contributed by atoms with van der Waals surface area (Å²) in [6, 6.07) is 14.1. The van der Waals surface area contributed by atoms with Gasteiger partial charge in [0, 0.05) is 41.7 Å². The monoisotopic (exact) mass is 523 g/mol. The quantitative estimate of drug-likeness (QED) is 0.313. The Morgan fingerprint density at radius 1 is 1.05 bits per heavy atom. The summed E-state index contributed by atoms with van der Waals surface area (Å²) in [6.07, 6.45) is 9.67. The number of ether oxygens (including phenoxy) is 1. The third-order valence-electron chi connectivity index (χ3n) is 7.69. The van der Waals surface area contributed by atoms with Crippen LogP contribution in [0.15, 0.2) is 54.9 Å². The van der Waals surface area contributed by atoms with E-state index in [2.05, 4.69) is 20.3 Å². The fourth-order valence-electron chi connectivity index (χ4n) is 5.52. The zero-order chi connectivity index (χ0) is 26.9. The minimum absolute atomic E-state index is 0.126. The van der Waals surface area contributed by atoms with Crippen molar-refractivity contribution in [2.24, 2.45) is 0 Å². The number of para-hydroxylation sites is 1. The van der Waals surface area contributed by atoms with E-state index in [1.165, 1.54) is 19.3 Å². The molecule has 0 unspecified atom stereocenters. The predicted octanol–water partition coefficient (Wildman–Crippen LogP) is 6.17. The predicted molar refractivity (Wildman–Crippen MR) is 153 cm³/mol. The zero-order valence-corrected chi connectivity index (χ0v) is 22.6. The second-order valence-electron chi connectivity index (χ2n) is 10.3. The molecule has 2 aliphatic rings. The maximum atomic E-state index is 13.6. The van der Waals surface area contributed by atoms with Crippen LogP contribution in [0.3, 0.4) is 0 Å². The molecule has 200 valence electrons. The molecule has 2 N–H and O–H groups in total. The molecule has 9 heteroatoms. The number of hydrogen-bond donors (Lipinski definition) is 2. The van der Waals surface area contributed by atoms with Gasteiger partial charge in [-0.05, 0) is 43.5 Å². The molecule has 4 aromatic rings. The van der Waals surface area contributed by atoms with Gasteiger partial charge in [-0.2, -0.15) is 4.98 Å². The number of urea groups is 1. The lowest BCUT2D eigenvalue weighted by Crippen LogP contribution is -2.46. The molecule has 2 aromatic heterocycles. The van der Waals surface area contributed by atoms with Crippen molar-refractivity contribution in [3.8, 4) is 28.4 Å². The molecule has 1 aliphatic carbocycles. The summed E-state index contributed by atoms with van der Waals surface area (Å²) in [7, 11) is 3.43. The van der Waals surface area contributed by atoms with E-state index >= 15 is 0 Å². The number of carbonyl (C=O) groups excluding carboxylic acids is 1. The largest absolute Gasteiger partial charge is 0.496 e. The number of H-pyrrole nitrogens is 1. The molecule has 2 amide bonds. The number of rotatable bonds is 6. The number of carbonyl (C=O) groups is 1. The number of aromatic nitrogens is 4. The Balaban J connectivity index is 1.27. The first-order valence-corrected chi connectivity index (χ1v) is 13.5. The van der Waals surface area contributed by atoms with Gasteiger partial charge in [0.2, 0.25) is 5.95 Å². The van der Waals surface area contributed by atoms with E-state index in [1.807, 2.05) is 55.6 Å². The van der Waals surface area contributed by atoms with Crippen molar-refractivity contribution in [2.45, 2.75) is 51.6 Å². The van der Waals surface area contributed by atoms with Crippen LogP contribution in [0.2, 0.25) is 0 Å². The van der Waals surface area contributed by atoms with Crippen molar-refractivity contribution in [1.82, 2.24) is 19.9 Å². The second-order valence-corrected chi connectivity index (χ2v) is 10.3. The number of methoxy groups -OCH3 is 1. The van der Waals surface area contributed by atoms with Crippen LogP contribution in [0.4, 0.5) is 22.2 Å². The maximum absolute atomic E-state index is 13.6. The van der Waals surface area contributed by atoms with E-state index in [-0.39, 0.29) is 6.03 Å². The van der Waals surface area contributed by atoms with Crippen molar-refractivity contribution in [2.75, 3.05) is 29.3 Å². The highest BCUT2D eigenvalue weighted by molar-refractivity contribution is 6.05. The van der Waals surface area contributed by atoms with Crippen LogP contribution in [0.5, 0.6) is 5.75 Å². The summed E-state index contributed by atoms with van der Waals surface area (Å²) in [5.74, 6) is 2.75. The Hall–Kier alpha value is -4.40. The first-order valence-electron chi connectivity index (χ1n) is 13.5. The third kappa shape index (κ3) is 4.80. The normalized spacial score (nSPS) is 15.8. The highest BCUT2D eigenvalue weighted by atomic mass is 16.5. The number of anilines is 3. The first kappa shape index (κ1) is 24.9. The smallest absolute Gasteiger partial charge is 0.330 e. The van der Waals surface area contributed by atoms with Crippen LogP contribution in [0.25, 0.3) is 22.6 Å². The number of hydrogen-bond acceptors (Lipinski definition) is 6. The summed E-state index contributed by atoms with van der Waals surface area (Å²) in [5.41, 5.74) is 5.43. The SMILES string of the molecule is COc1ccccc1-c1cnc(-c2ccc(C)c(N3Cc4cnc(NC5CCCCC5)nc4N(C)C3=O)c2)[nH]1. The summed E-state index contributed by atoms with van der Waals surface area (Å²) >= 11 is 0. The van der Waals surface area contributed by atoms with Gasteiger partial charge >= 0.3 is 6.03 Å². The Morgan fingerprint density at radius 2 is 1.87 bits per heavy atom. The molecule has 1 saturated carbocycles. The zero-order valence-electron chi connectivity index (χ0n) is 22.6. The summed E-state index contributed by atoms with van der Waals surface area (Å²) in [5, 5.41) is 3.47. The molecule has 2 aromatic carbocycles. The molecule has 0 saturated heterocycles. The second kappa shape index (κ2) is 10.4. The van der Waals surface area contributed by atoms with E-state index in [9.17, 15) is 4.79 Å². The lowest BCUT2D eigenvalue weighted by molar-refractivity contribution is 0.251. The number of imidazole rings is 1. The average Bonchev–Trinajstić information content (AvgIpc) is 3.46. The van der Waals surface area contributed by atoms with Gasteiger partial charge in [-0.3, -0.25) is 9.80 Å². The molecular weight excluding hydrogens is 490 g/mol. The van der Waals surface area contributed by atoms with E-state index in [0.29, 0.717) is 24.4 Å². The standard InChI is InChI=1S/C30H33N7O2/c1-19-13-14-20(27-31-17-24(34-27)23-11-7-8-12-26(23)39-3)15-25(19)37-18-21-16-32-29(33-22-9-5-4-6-10-22)35-28(21)36(2)30(37)38/h7-8,11-17,22H,4-6,9-10,18H2,1-3H3,(H,31,34)(H,32,33,35). The molecule has 9 nitrogen and oxygen atoms in total. The fraction of sp³-hybridized carbons (Fsp3) is 0.333. The Kier molecular flexibility index (Phi) is 6.64. The molecule has 0 atom stereocenters. The van der Waals surface area contributed by atoms with Gasteiger partial charge in [0.1, 0.15) is 17.4 Å². The van der Waals surface area contributed by atoms with E-state index in [4.69, 9.17) is 9.72 Å². The molecular formula is C30H33N7O2. The number of aromatic amines is 1. The Labute approximate surface area is 228 Å². The summed E-state index contributed by atoms with van der Waals surface area (Å²) in [4.78, 5) is 34.3. The molecule has 1 aliphatic heterocycles. The van der Waals surface area contributed by atoms with Gasteiger partial charge in [-0.25, -0.2) is 14.8 Å². The molecule has 0 spiro atoms. The fourth-order valence-corrected chi connectivity index (χ4v) is 5.52. The molecule has 3 heterocycles. The van der Waals surface area contributed by atoms with Crippen LogP contribution in [0.1, 0.15) is 43.2 Å². The van der Waals surface area contributed by atoms with Crippen molar-refractivity contribution >= 4 is 23.5 Å². The van der Waals surface area contributed by atoms with Crippen molar-refractivity contribution in [3.05, 3.63) is 66.0 Å².